The van der Waals surface area contributed by atoms with E-state index in [1.807, 2.05) is 38.7 Å². The van der Waals surface area contributed by atoms with E-state index in [0.717, 1.165) is 23.7 Å². The van der Waals surface area contributed by atoms with Crippen molar-refractivity contribution in [2.75, 3.05) is 44.2 Å². The molecule has 3 saturated heterocycles. The monoisotopic (exact) mass is 805 g/mol. The fourth-order valence-electron chi connectivity index (χ4n) is 9.60. The number of nitrogens with one attached hydrogen (secondary N) is 2. The maximum atomic E-state index is 13.5. The van der Waals surface area contributed by atoms with E-state index in [2.05, 4.69) is 26.5 Å². The summed E-state index contributed by atoms with van der Waals surface area (Å²) in [5.74, 6) is -1.86. The standard InChI is InChI=1S/C43H44ClN7O7/c1-42(2)40(43(3,4)41(42)58-29-11-9-26(21-45)32(44)20-29)47-35(53)24-5-7-25(8-6-24)37(55)49-17-15-48(16-18-49)28-22-50(23-28)27-10-12-30-31(19-27)39(57)51(38(30)56)33-13-14-34(52)46-36(33)54/h5-12,19-20,28,33,40-41H,13-18,22-23H2,1-4H3,(H,47,53)(H,46,52,54). The van der Waals surface area contributed by atoms with Crippen LogP contribution < -0.4 is 20.3 Å². The molecular weight excluding hydrogens is 762 g/mol. The van der Waals surface area contributed by atoms with Crippen LogP contribution in [0.4, 0.5) is 5.69 Å². The van der Waals surface area contributed by atoms with Crippen molar-refractivity contribution in [2.45, 2.75) is 64.8 Å². The summed E-state index contributed by atoms with van der Waals surface area (Å²) in [7, 11) is 0. The number of fused-ring (bicyclic) bond motifs is 1. The van der Waals surface area contributed by atoms with Crippen LogP contribution in [0.25, 0.3) is 0 Å². The molecule has 15 heteroatoms. The number of piperazine rings is 1. The molecule has 0 spiro atoms. The normalized spacial score (nSPS) is 24.0. The maximum Gasteiger partial charge on any atom is 0.262 e. The van der Waals surface area contributed by atoms with Crippen LogP contribution in [0.3, 0.4) is 0 Å². The third-order valence-electron chi connectivity index (χ3n) is 12.6. The largest absolute Gasteiger partial charge is 0.489 e. The van der Waals surface area contributed by atoms with Crippen molar-refractivity contribution >= 4 is 52.7 Å². The van der Waals surface area contributed by atoms with E-state index in [9.17, 15) is 34.0 Å². The lowest BCUT2D eigenvalue weighted by Crippen LogP contribution is -2.74. The fourth-order valence-corrected chi connectivity index (χ4v) is 9.81. The molecule has 3 aromatic carbocycles. The van der Waals surface area contributed by atoms with E-state index < -0.39 is 40.5 Å². The summed E-state index contributed by atoms with van der Waals surface area (Å²) in [5, 5.41) is 14.9. The van der Waals surface area contributed by atoms with Crippen LogP contribution in [-0.2, 0) is 9.59 Å². The zero-order chi connectivity index (χ0) is 41.3. The first-order chi connectivity index (χ1) is 27.6. The Hall–Kier alpha value is -5.78. The lowest BCUT2D eigenvalue weighted by molar-refractivity contribution is -0.164. The molecule has 0 aromatic heterocycles. The molecule has 4 aliphatic heterocycles. The second-order valence-electron chi connectivity index (χ2n) is 16.9. The number of carbonyl (C=O) groups excluding carboxylic acids is 6. The van der Waals surface area contributed by atoms with Crippen molar-refractivity contribution < 1.29 is 33.5 Å². The topological polar surface area (TPSA) is 172 Å². The first-order valence-electron chi connectivity index (χ1n) is 19.5. The summed E-state index contributed by atoms with van der Waals surface area (Å²) in [6.07, 6.45) is -0.0555. The molecule has 0 bridgehead atoms. The third kappa shape index (κ3) is 6.65. The van der Waals surface area contributed by atoms with Gasteiger partial charge >= 0.3 is 0 Å². The van der Waals surface area contributed by atoms with Gasteiger partial charge in [0.05, 0.1) is 21.7 Å². The Morgan fingerprint density at radius 1 is 0.862 bits per heavy atom. The average Bonchev–Trinajstić information content (AvgIpc) is 3.43. The summed E-state index contributed by atoms with van der Waals surface area (Å²) in [5.41, 5.74) is 1.84. The lowest BCUT2D eigenvalue weighted by Gasteiger charge is -2.63. The summed E-state index contributed by atoms with van der Waals surface area (Å²) < 4.78 is 6.34. The second kappa shape index (κ2) is 14.6. The molecule has 2 N–H and O–H groups in total. The van der Waals surface area contributed by atoms with Crippen LogP contribution in [-0.4, -0.2) is 114 Å². The number of rotatable bonds is 8. The Bertz CT molecular complexity index is 2270. The van der Waals surface area contributed by atoms with Gasteiger partial charge in [0, 0.05) is 91.5 Å². The zero-order valence-corrected chi connectivity index (χ0v) is 33.5. The van der Waals surface area contributed by atoms with Gasteiger partial charge in [-0.15, -0.1) is 0 Å². The number of benzene rings is 3. The quantitative estimate of drug-likeness (QED) is 0.319. The zero-order valence-electron chi connectivity index (χ0n) is 32.7. The Kier molecular flexibility index (Phi) is 9.80. The fraction of sp³-hybridized carbons (Fsp3) is 0.419. The van der Waals surface area contributed by atoms with E-state index in [4.69, 9.17) is 16.3 Å². The van der Waals surface area contributed by atoms with Gasteiger partial charge in [0.15, 0.2) is 0 Å². The van der Waals surface area contributed by atoms with Gasteiger partial charge in [-0.2, -0.15) is 5.26 Å². The van der Waals surface area contributed by atoms with Crippen molar-refractivity contribution in [3.63, 3.8) is 0 Å². The van der Waals surface area contributed by atoms with E-state index in [1.54, 1.807) is 54.6 Å². The average molecular weight is 806 g/mol. The SMILES string of the molecule is CC1(C)C(NC(=O)c2ccc(C(=O)N3CCN(C4CN(c5ccc6c(c5)C(=O)N(C5CCC(=O)NC5=O)C6=O)C4)CC3)cc2)C(C)(C)C1Oc1ccc(C#N)c(Cl)c1. The van der Waals surface area contributed by atoms with Gasteiger partial charge in [0.25, 0.3) is 23.6 Å². The molecule has 4 heterocycles. The predicted molar refractivity (Wildman–Crippen MR) is 212 cm³/mol. The van der Waals surface area contributed by atoms with Crippen molar-refractivity contribution in [1.82, 2.24) is 25.3 Å². The Balaban J connectivity index is 0.811. The molecule has 1 unspecified atom stereocenters. The van der Waals surface area contributed by atoms with Gasteiger partial charge in [-0.25, -0.2) is 0 Å². The Morgan fingerprint density at radius 2 is 1.52 bits per heavy atom. The number of piperidine rings is 1. The molecule has 14 nitrogen and oxygen atoms in total. The number of ether oxygens (including phenoxy) is 1. The van der Waals surface area contributed by atoms with Crippen LogP contribution >= 0.6 is 11.6 Å². The van der Waals surface area contributed by atoms with Gasteiger partial charge in [-0.05, 0) is 61.0 Å². The van der Waals surface area contributed by atoms with Crippen LogP contribution in [0.15, 0.2) is 60.7 Å². The molecular formula is C43H44ClN7O7. The first kappa shape index (κ1) is 39.1. The van der Waals surface area contributed by atoms with Crippen molar-refractivity contribution in [3.05, 3.63) is 93.5 Å². The number of nitrogens with zero attached hydrogens (tertiary/aromatic N) is 5. The van der Waals surface area contributed by atoms with Crippen molar-refractivity contribution in [3.8, 4) is 11.8 Å². The van der Waals surface area contributed by atoms with E-state index >= 15 is 0 Å². The number of halogens is 1. The molecule has 6 amide bonds. The van der Waals surface area contributed by atoms with E-state index in [-0.39, 0.29) is 54.0 Å². The molecule has 1 aliphatic carbocycles. The molecule has 8 rings (SSSR count). The van der Waals surface area contributed by atoms with Crippen LogP contribution in [0.1, 0.15) is 87.5 Å². The molecule has 3 aromatic rings. The third-order valence-corrected chi connectivity index (χ3v) is 12.9. The smallest absolute Gasteiger partial charge is 0.262 e. The number of carbonyl (C=O) groups is 6. The number of hydrogen-bond acceptors (Lipinski definition) is 10. The lowest BCUT2D eigenvalue weighted by atomic mass is 9.49. The first-order valence-corrected chi connectivity index (χ1v) is 19.9. The van der Waals surface area contributed by atoms with Gasteiger partial charge in [-0.3, -0.25) is 43.9 Å². The van der Waals surface area contributed by atoms with Crippen LogP contribution in [0.5, 0.6) is 5.75 Å². The molecule has 1 atom stereocenters. The Morgan fingerprint density at radius 3 is 2.16 bits per heavy atom. The minimum absolute atomic E-state index is 0.0676. The summed E-state index contributed by atoms with van der Waals surface area (Å²) in [6, 6.07) is 18.0. The number of imide groups is 2. The molecule has 1 saturated carbocycles. The Labute approximate surface area is 341 Å². The van der Waals surface area contributed by atoms with E-state index in [1.165, 1.54) is 0 Å². The van der Waals surface area contributed by atoms with Crippen molar-refractivity contribution in [1.29, 1.82) is 5.26 Å². The van der Waals surface area contributed by atoms with E-state index in [0.29, 0.717) is 53.6 Å². The van der Waals surface area contributed by atoms with Gasteiger partial charge in [-0.1, -0.05) is 39.3 Å². The summed E-state index contributed by atoms with van der Waals surface area (Å²) >= 11 is 6.23. The second-order valence-corrected chi connectivity index (χ2v) is 17.3. The molecule has 5 aliphatic rings. The summed E-state index contributed by atoms with van der Waals surface area (Å²) in [4.78, 5) is 84.6. The van der Waals surface area contributed by atoms with Gasteiger partial charge < -0.3 is 19.9 Å². The van der Waals surface area contributed by atoms with Gasteiger partial charge in [0.2, 0.25) is 11.8 Å². The maximum absolute atomic E-state index is 13.5. The van der Waals surface area contributed by atoms with Crippen molar-refractivity contribution in [2.24, 2.45) is 10.8 Å². The molecule has 300 valence electrons. The number of anilines is 1. The highest BCUT2D eigenvalue weighted by atomic mass is 35.5. The number of hydrogen-bond donors (Lipinski definition) is 2. The van der Waals surface area contributed by atoms with Crippen LogP contribution in [0.2, 0.25) is 5.02 Å². The summed E-state index contributed by atoms with van der Waals surface area (Å²) in [6.45, 7) is 12.2. The van der Waals surface area contributed by atoms with Gasteiger partial charge in [0.1, 0.15) is 24.0 Å². The minimum Gasteiger partial charge on any atom is -0.489 e. The van der Waals surface area contributed by atoms with Crippen LogP contribution in [0, 0.1) is 22.2 Å². The number of amides is 6. The number of nitriles is 1. The molecule has 4 fully saturated rings. The highest BCUT2D eigenvalue weighted by molar-refractivity contribution is 6.31. The molecule has 0 radical (unpaired) electrons. The molecule has 58 heavy (non-hydrogen) atoms. The highest BCUT2D eigenvalue weighted by Crippen LogP contribution is 2.55. The minimum atomic E-state index is -1.00. The highest BCUT2D eigenvalue weighted by Gasteiger charge is 2.64. The predicted octanol–water partition coefficient (Wildman–Crippen LogP) is 3.87.